The number of aryl methyl sites for hydroxylation is 1. The van der Waals surface area contributed by atoms with E-state index in [-0.39, 0.29) is 6.42 Å². The van der Waals surface area contributed by atoms with E-state index in [4.69, 9.17) is 20.5 Å². The summed E-state index contributed by atoms with van der Waals surface area (Å²) >= 11 is 0. The number of hydrogen-bond donors (Lipinski definition) is 3. The Balaban J connectivity index is 2.78. The molecule has 1 atom stereocenters. The lowest BCUT2D eigenvalue weighted by Gasteiger charge is -2.09. The number of carbonyl (C=O) groups is 1. The van der Waals surface area contributed by atoms with E-state index in [1.54, 1.807) is 13.0 Å². The molecule has 1 aromatic heterocycles. The fourth-order valence-electron chi connectivity index (χ4n) is 1.21. The molecule has 0 bridgehead atoms. The maximum absolute atomic E-state index is 10.6. The van der Waals surface area contributed by atoms with Gasteiger partial charge < -0.3 is 20.5 Å². The molecule has 0 aliphatic carbocycles. The van der Waals surface area contributed by atoms with Crippen LogP contribution in [0, 0.1) is 6.92 Å². The van der Waals surface area contributed by atoms with Crippen LogP contribution in [0.4, 0.5) is 0 Å². The summed E-state index contributed by atoms with van der Waals surface area (Å²) in [5.74, 6) is -0.683. The largest absolute Gasteiger partial charge is 0.569 e. The molecule has 1 aromatic rings. The third-order valence-corrected chi connectivity index (χ3v) is 2.08. The van der Waals surface area contributed by atoms with Gasteiger partial charge in [0.25, 0.3) is 0 Å². The summed E-state index contributed by atoms with van der Waals surface area (Å²) in [6.07, 6.45) is 1.55. The molecule has 0 aromatic carbocycles. The lowest BCUT2D eigenvalue weighted by molar-refractivity contribution is -0.138. The molecule has 16 heavy (non-hydrogen) atoms. The number of rotatable bonds is 5. The van der Waals surface area contributed by atoms with Gasteiger partial charge in [-0.3, -0.25) is 9.78 Å². The Hall–Kier alpha value is -1.60. The van der Waals surface area contributed by atoms with Crippen molar-refractivity contribution in [1.29, 1.82) is 0 Å². The van der Waals surface area contributed by atoms with Gasteiger partial charge >= 0.3 is 13.7 Å². The summed E-state index contributed by atoms with van der Waals surface area (Å²) in [4.78, 5) is 14.6. The number of carboxylic acids is 1. The molecule has 0 saturated carbocycles. The lowest BCUT2D eigenvalue weighted by atomic mass is 10.1. The first-order chi connectivity index (χ1) is 7.54. The van der Waals surface area contributed by atoms with Crippen molar-refractivity contribution >= 4 is 13.7 Å². The van der Waals surface area contributed by atoms with Crippen LogP contribution in [0.1, 0.15) is 11.3 Å². The molecule has 6 nitrogen and oxygen atoms in total. The highest BCUT2D eigenvalue weighted by Crippen LogP contribution is 2.14. The van der Waals surface area contributed by atoms with Crippen molar-refractivity contribution in [3.8, 4) is 5.75 Å². The monoisotopic (exact) mass is 223 g/mol. The van der Waals surface area contributed by atoms with Crippen LogP contribution in [0.3, 0.4) is 0 Å². The van der Waals surface area contributed by atoms with Crippen LogP contribution in [0.2, 0.25) is 0 Å². The minimum absolute atomic E-state index is 0.157. The highest BCUT2D eigenvalue weighted by molar-refractivity contribution is 6.17. The highest BCUT2D eigenvalue weighted by atomic mass is 16.5. The van der Waals surface area contributed by atoms with E-state index in [0.29, 0.717) is 19.1 Å². The van der Waals surface area contributed by atoms with E-state index in [0.717, 1.165) is 5.56 Å². The molecule has 0 amide bonds. The van der Waals surface area contributed by atoms with E-state index in [9.17, 15) is 4.79 Å². The molecular weight excluding hydrogens is 211 g/mol. The summed E-state index contributed by atoms with van der Waals surface area (Å²) in [5.41, 5.74) is 6.75. The minimum Gasteiger partial charge on any atom is -0.536 e. The van der Waals surface area contributed by atoms with Gasteiger partial charge in [-0.2, -0.15) is 0 Å². The van der Waals surface area contributed by atoms with Crippen LogP contribution in [-0.4, -0.2) is 34.8 Å². The number of nitrogens with zero attached hydrogens (tertiary/aromatic N) is 1. The standard InChI is InChI=1S/C9H12BN2O4/c1-5-2-6(16-10-15)4-12-8(5)3-7(11)9(13)14/h2,4,7,15H,3,11H2,1H3,(H,13,14)/t7-/m0/s1. The Kier molecular flexibility index (Phi) is 4.27. The number of pyridine rings is 1. The Bertz CT molecular complexity index is 386. The van der Waals surface area contributed by atoms with E-state index < -0.39 is 12.0 Å². The van der Waals surface area contributed by atoms with Gasteiger partial charge in [0.15, 0.2) is 0 Å². The third kappa shape index (κ3) is 3.21. The number of nitrogens with two attached hydrogens (primary N) is 1. The average Bonchev–Trinajstić information content (AvgIpc) is 2.22. The fourth-order valence-corrected chi connectivity index (χ4v) is 1.21. The first kappa shape index (κ1) is 12.5. The van der Waals surface area contributed by atoms with Crippen molar-refractivity contribution in [1.82, 2.24) is 4.98 Å². The number of hydrogen-bond acceptors (Lipinski definition) is 5. The first-order valence-electron chi connectivity index (χ1n) is 4.61. The Morgan fingerprint density at radius 1 is 1.75 bits per heavy atom. The highest BCUT2D eigenvalue weighted by Gasteiger charge is 2.14. The molecule has 1 heterocycles. The van der Waals surface area contributed by atoms with Gasteiger partial charge in [-0.1, -0.05) is 0 Å². The fraction of sp³-hybridized carbons (Fsp3) is 0.333. The molecule has 0 aliphatic heterocycles. The second kappa shape index (κ2) is 5.48. The topological polar surface area (TPSA) is 106 Å². The second-order valence-corrected chi connectivity index (χ2v) is 3.31. The van der Waals surface area contributed by atoms with Crippen LogP contribution in [-0.2, 0) is 11.2 Å². The summed E-state index contributed by atoms with van der Waals surface area (Å²) in [5, 5.41) is 17.1. The molecule has 4 N–H and O–H groups in total. The predicted molar refractivity (Wildman–Crippen MR) is 56.9 cm³/mol. The third-order valence-electron chi connectivity index (χ3n) is 2.08. The molecule has 85 valence electrons. The Labute approximate surface area is 93.4 Å². The van der Waals surface area contributed by atoms with Gasteiger partial charge in [0.1, 0.15) is 11.8 Å². The molecule has 0 saturated heterocycles. The quantitative estimate of drug-likeness (QED) is 0.567. The van der Waals surface area contributed by atoms with Crippen LogP contribution in [0.15, 0.2) is 12.3 Å². The lowest BCUT2D eigenvalue weighted by Crippen LogP contribution is -2.32. The average molecular weight is 223 g/mol. The maximum Gasteiger partial charge on any atom is 0.569 e. The number of aromatic nitrogens is 1. The van der Waals surface area contributed by atoms with Crippen LogP contribution in [0.25, 0.3) is 0 Å². The van der Waals surface area contributed by atoms with Gasteiger partial charge in [0.2, 0.25) is 0 Å². The van der Waals surface area contributed by atoms with E-state index in [1.807, 2.05) is 0 Å². The summed E-state index contributed by atoms with van der Waals surface area (Å²) < 4.78 is 4.71. The molecule has 1 rings (SSSR count). The van der Waals surface area contributed by atoms with Gasteiger partial charge in [-0.25, -0.2) is 0 Å². The Morgan fingerprint density at radius 3 is 2.94 bits per heavy atom. The smallest absolute Gasteiger partial charge is 0.536 e. The minimum atomic E-state index is -1.06. The molecule has 0 spiro atoms. The summed E-state index contributed by atoms with van der Waals surface area (Å²) in [6, 6.07) is 0.672. The molecule has 7 heteroatoms. The van der Waals surface area contributed by atoms with Crippen LogP contribution < -0.4 is 10.4 Å². The number of aliphatic carboxylic acids is 1. The van der Waals surface area contributed by atoms with Gasteiger partial charge in [-0.15, -0.1) is 0 Å². The van der Waals surface area contributed by atoms with Crippen molar-refractivity contribution < 1.29 is 19.6 Å². The summed E-state index contributed by atoms with van der Waals surface area (Å²) in [7, 11) is 0.555. The van der Waals surface area contributed by atoms with Crippen molar-refractivity contribution in [3.05, 3.63) is 23.5 Å². The zero-order chi connectivity index (χ0) is 12.1. The molecule has 0 unspecified atom stereocenters. The van der Waals surface area contributed by atoms with Crippen molar-refractivity contribution in [2.45, 2.75) is 19.4 Å². The van der Waals surface area contributed by atoms with E-state index in [1.165, 1.54) is 6.20 Å². The van der Waals surface area contributed by atoms with Crippen molar-refractivity contribution in [3.63, 3.8) is 0 Å². The zero-order valence-electron chi connectivity index (χ0n) is 8.75. The normalized spacial score (nSPS) is 11.9. The number of carboxylic acid groups (broad SMARTS) is 1. The Morgan fingerprint density at radius 2 is 2.44 bits per heavy atom. The summed E-state index contributed by atoms with van der Waals surface area (Å²) in [6.45, 7) is 1.77. The van der Waals surface area contributed by atoms with Gasteiger partial charge in [-0.05, 0) is 18.6 Å². The van der Waals surface area contributed by atoms with E-state index in [2.05, 4.69) is 4.98 Å². The van der Waals surface area contributed by atoms with Crippen LogP contribution >= 0.6 is 0 Å². The van der Waals surface area contributed by atoms with Gasteiger partial charge in [0.05, 0.1) is 6.20 Å². The van der Waals surface area contributed by atoms with E-state index >= 15 is 0 Å². The molecule has 0 aliphatic rings. The molecule has 1 radical (unpaired) electrons. The second-order valence-electron chi connectivity index (χ2n) is 3.31. The maximum atomic E-state index is 10.6. The van der Waals surface area contributed by atoms with Crippen molar-refractivity contribution in [2.75, 3.05) is 0 Å². The predicted octanol–water partition coefficient (Wildman–Crippen LogP) is -0.750. The zero-order valence-corrected chi connectivity index (χ0v) is 8.75. The molecular formula is C9H12BN2O4. The molecule has 0 fully saturated rings. The van der Waals surface area contributed by atoms with Crippen molar-refractivity contribution in [2.24, 2.45) is 5.73 Å². The van der Waals surface area contributed by atoms with Gasteiger partial charge in [0, 0.05) is 12.1 Å². The first-order valence-corrected chi connectivity index (χ1v) is 4.61. The van der Waals surface area contributed by atoms with Crippen LogP contribution in [0.5, 0.6) is 5.75 Å². The SMILES string of the molecule is Cc1cc(O[B]O)cnc1C[C@H](N)C(=O)O.